The highest BCUT2D eigenvalue weighted by molar-refractivity contribution is 5.85. The van der Waals surface area contributed by atoms with E-state index >= 15 is 0 Å². The number of amides is 1. The first-order valence-corrected chi connectivity index (χ1v) is 6.75. The molecular weight excluding hydrogens is 258 g/mol. The molecule has 0 spiro atoms. The summed E-state index contributed by atoms with van der Waals surface area (Å²) in [6.07, 6.45) is 0.984. The van der Waals surface area contributed by atoms with Crippen molar-refractivity contribution in [3.05, 3.63) is 35.9 Å². The van der Waals surface area contributed by atoms with Gasteiger partial charge in [0.05, 0.1) is 18.6 Å². The van der Waals surface area contributed by atoms with Gasteiger partial charge < -0.3 is 15.2 Å². The van der Waals surface area contributed by atoms with Gasteiger partial charge in [-0.3, -0.25) is 4.79 Å². The van der Waals surface area contributed by atoms with Gasteiger partial charge in [0.15, 0.2) is 0 Å². The minimum Gasteiger partial charge on any atom is -0.480 e. The van der Waals surface area contributed by atoms with Crippen LogP contribution in [0.15, 0.2) is 30.3 Å². The number of rotatable bonds is 5. The van der Waals surface area contributed by atoms with Gasteiger partial charge in [-0.2, -0.15) is 0 Å². The van der Waals surface area contributed by atoms with E-state index < -0.39 is 12.0 Å². The third kappa shape index (κ3) is 3.81. The summed E-state index contributed by atoms with van der Waals surface area (Å²) in [7, 11) is 0. The fourth-order valence-corrected chi connectivity index (χ4v) is 2.34. The van der Waals surface area contributed by atoms with E-state index in [2.05, 4.69) is 5.32 Å². The zero-order valence-corrected chi connectivity index (χ0v) is 11.4. The second-order valence-electron chi connectivity index (χ2n) is 5.17. The van der Waals surface area contributed by atoms with Gasteiger partial charge >= 0.3 is 5.97 Å². The molecule has 2 N–H and O–H groups in total. The van der Waals surface area contributed by atoms with Crippen molar-refractivity contribution in [1.29, 1.82) is 0 Å². The normalized spacial score (nSPS) is 23.2. The minimum absolute atomic E-state index is 0.0585. The number of hydrogen-bond acceptors (Lipinski definition) is 3. The molecule has 0 aromatic heterocycles. The summed E-state index contributed by atoms with van der Waals surface area (Å²) >= 11 is 0. The Morgan fingerprint density at radius 1 is 1.40 bits per heavy atom. The van der Waals surface area contributed by atoms with E-state index in [0.29, 0.717) is 13.0 Å². The maximum atomic E-state index is 12.0. The van der Waals surface area contributed by atoms with Gasteiger partial charge in [-0.1, -0.05) is 30.3 Å². The number of carboxylic acids is 1. The van der Waals surface area contributed by atoms with Crippen LogP contribution in [-0.4, -0.2) is 35.7 Å². The summed E-state index contributed by atoms with van der Waals surface area (Å²) in [5.41, 5.74) is 0.885. The Morgan fingerprint density at radius 3 is 2.65 bits per heavy atom. The molecule has 1 heterocycles. The quantitative estimate of drug-likeness (QED) is 0.848. The first-order chi connectivity index (χ1) is 9.56. The molecule has 1 aromatic rings. The third-order valence-corrected chi connectivity index (χ3v) is 3.47. The van der Waals surface area contributed by atoms with Gasteiger partial charge in [0.25, 0.3) is 0 Å². The SMILES string of the molecule is CC1CC(C(=O)NC(Cc2ccccc2)C(=O)O)CO1. The van der Waals surface area contributed by atoms with Crippen LogP contribution in [0.2, 0.25) is 0 Å². The first kappa shape index (κ1) is 14.5. The monoisotopic (exact) mass is 277 g/mol. The standard InChI is InChI=1S/C15H19NO4/c1-10-7-12(9-20-10)14(17)16-13(15(18)19)8-11-5-3-2-4-6-11/h2-6,10,12-13H,7-9H2,1H3,(H,16,17)(H,18,19). The molecule has 5 heteroatoms. The molecule has 0 radical (unpaired) electrons. The van der Waals surface area contributed by atoms with Gasteiger partial charge in [0, 0.05) is 6.42 Å². The summed E-state index contributed by atoms with van der Waals surface area (Å²) in [6, 6.07) is 8.37. The van der Waals surface area contributed by atoms with Crippen LogP contribution in [0.5, 0.6) is 0 Å². The summed E-state index contributed by atoms with van der Waals surface area (Å²) in [4.78, 5) is 23.3. The zero-order valence-electron chi connectivity index (χ0n) is 11.4. The number of carbonyl (C=O) groups excluding carboxylic acids is 1. The van der Waals surface area contributed by atoms with Crippen molar-refractivity contribution in [2.75, 3.05) is 6.61 Å². The van der Waals surface area contributed by atoms with Gasteiger partial charge in [0.2, 0.25) is 5.91 Å². The molecule has 1 aromatic carbocycles. The Kier molecular flexibility index (Phi) is 4.74. The molecule has 1 aliphatic rings. The molecule has 1 saturated heterocycles. The molecule has 0 aliphatic carbocycles. The van der Waals surface area contributed by atoms with Crippen molar-refractivity contribution in [2.24, 2.45) is 5.92 Å². The van der Waals surface area contributed by atoms with Crippen LogP contribution in [0.3, 0.4) is 0 Å². The summed E-state index contributed by atoms with van der Waals surface area (Å²) in [5, 5.41) is 11.8. The maximum Gasteiger partial charge on any atom is 0.326 e. The number of aliphatic carboxylic acids is 1. The van der Waals surface area contributed by atoms with Crippen molar-refractivity contribution >= 4 is 11.9 Å². The molecule has 1 fully saturated rings. The van der Waals surface area contributed by atoms with E-state index in [4.69, 9.17) is 4.74 Å². The summed E-state index contributed by atoms with van der Waals surface area (Å²) in [5.74, 6) is -1.51. The number of hydrogen-bond donors (Lipinski definition) is 2. The van der Waals surface area contributed by atoms with Crippen LogP contribution >= 0.6 is 0 Å². The van der Waals surface area contributed by atoms with Crippen molar-refractivity contribution in [3.63, 3.8) is 0 Å². The highest BCUT2D eigenvalue weighted by Gasteiger charge is 2.31. The molecule has 5 nitrogen and oxygen atoms in total. The topological polar surface area (TPSA) is 75.6 Å². The lowest BCUT2D eigenvalue weighted by Gasteiger charge is -2.17. The molecule has 2 rings (SSSR count). The van der Waals surface area contributed by atoms with Crippen molar-refractivity contribution in [1.82, 2.24) is 5.32 Å². The lowest BCUT2D eigenvalue weighted by atomic mass is 10.0. The molecule has 1 aliphatic heterocycles. The Morgan fingerprint density at radius 2 is 2.10 bits per heavy atom. The van der Waals surface area contributed by atoms with Gasteiger partial charge in [-0.05, 0) is 18.9 Å². The van der Waals surface area contributed by atoms with E-state index in [9.17, 15) is 14.7 Å². The van der Waals surface area contributed by atoms with Crippen molar-refractivity contribution in [2.45, 2.75) is 31.9 Å². The fraction of sp³-hybridized carbons (Fsp3) is 0.467. The van der Waals surface area contributed by atoms with Crippen LogP contribution in [0.4, 0.5) is 0 Å². The number of nitrogens with one attached hydrogen (secondary N) is 1. The summed E-state index contributed by atoms with van der Waals surface area (Å²) < 4.78 is 5.34. The van der Waals surface area contributed by atoms with Gasteiger partial charge in [-0.25, -0.2) is 4.79 Å². The molecule has 0 saturated carbocycles. The molecule has 20 heavy (non-hydrogen) atoms. The third-order valence-electron chi connectivity index (χ3n) is 3.47. The largest absolute Gasteiger partial charge is 0.480 e. The van der Waals surface area contributed by atoms with E-state index in [0.717, 1.165) is 5.56 Å². The van der Waals surface area contributed by atoms with Crippen LogP contribution in [0.25, 0.3) is 0 Å². The van der Waals surface area contributed by atoms with Crippen molar-refractivity contribution < 1.29 is 19.4 Å². The Labute approximate surface area is 117 Å². The molecule has 0 bridgehead atoms. The number of benzene rings is 1. The van der Waals surface area contributed by atoms with E-state index in [1.54, 1.807) is 0 Å². The number of carbonyl (C=O) groups is 2. The number of ether oxygens (including phenoxy) is 1. The van der Waals surface area contributed by atoms with E-state index in [1.807, 2.05) is 37.3 Å². The second kappa shape index (κ2) is 6.52. The summed E-state index contributed by atoms with van der Waals surface area (Å²) in [6.45, 7) is 2.27. The average molecular weight is 277 g/mol. The molecular formula is C15H19NO4. The molecule has 3 atom stereocenters. The van der Waals surface area contributed by atoms with Gasteiger partial charge in [-0.15, -0.1) is 0 Å². The van der Waals surface area contributed by atoms with Crippen LogP contribution < -0.4 is 5.32 Å². The average Bonchev–Trinajstić information content (AvgIpc) is 2.86. The maximum absolute atomic E-state index is 12.0. The highest BCUT2D eigenvalue weighted by Crippen LogP contribution is 2.19. The molecule has 1 amide bonds. The van der Waals surface area contributed by atoms with Crippen LogP contribution in [0, 0.1) is 5.92 Å². The van der Waals surface area contributed by atoms with Gasteiger partial charge in [0.1, 0.15) is 6.04 Å². The van der Waals surface area contributed by atoms with Crippen molar-refractivity contribution in [3.8, 4) is 0 Å². The predicted octanol–water partition coefficient (Wildman–Crippen LogP) is 1.22. The molecule has 3 unspecified atom stereocenters. The van der Waals surface area contributed by atoms with E-state index in [1.165, 1.54) is 0 Å². The number of carboxylic acid groups (broad SMARTS) is 1. The highest BCUT2D eigenvalue weighted by atomic mass is 16.5. The zero-order chi connectivity index (χ0) is 14.5. The lowest BCUT2D eigenvalue weighted by Crippen LogP contribution is -2.45. The molecule has 108 valence electrons. The van der Waals surface area contributed by atoms with Crippen LogP contribution in [-0.2, 0) is 20.7 Å². The Hall–Kier alpha value is -1.88. The predicted molar refractivity (Wildman–Crippen MR) is 73.2 cm³/mol. The smallest absolute Gasteiger partial charge is 0.326 e. The Bertz CT molecular complexity index is 474. The lowest BCUT2D eigenvalue weighted by molar-refractivity contribution is -0.142. The first-order valence-electron chi connectivity index (χ1n) is 6.75. The van der Waals surface area contributed by atoms with Crippen LogP contribution in [0.1, 0.15) is 18.9 Å². The van der Waals surface area contributed by atoms with E-state index in [-0.39, 0.29) is 24.3 Å². The minimum atomic E-state index is -1.02. The Balaban J connectivity index is 1.96. The fourth-order valence-electron chi connectivity index (χ4n) is 2.34. The second-order valence-corrected chi connectivity index (χ2v) is 5.17.